The molecule has 0 spiro atoms. The fourth-order valence-corrected chi connectivity index (χ4v) is 2.41. The van der Waals surface area contributed by atoms with Gasteiger partial charge < -0.3 is 4.74 Å². The van der Waals surface area contributed by atoms with Crippen molar-refractivity contribution in [3.8, 4) is 0 Å². The average molecular weight is 232 g/mol. The van der Waals surface area contributed by atoms with Gasteiger partial charge >= 0.3 is 0 Å². The van der Waals surface area contributed by atoms with Gasteiger partial charge in [-0.05, 0) is 19.8 Å². The topological polar surface area (TPSA) is 63.6 Å². The Labute approximate surface area is 90.4 Å². The quantitative estimate of drug-likeness (QED) is 0.747. The Morgan fingerprint density at radius 3 is 2.67 bits per heavy atom. The Balaban J connectivity index is 2.96. The van der Waals surface area contributed by atoms with Gasteiger partial charge in [0.2, 0.25) is 0 Å². The van der Waals surface area contributed by atoms with E-state index < -0.39 is 14.9 Å². The van der Waals surface area contributed by atoms with Gasteiger partial charge in [-0.1, -0.05) is 23.8 Å². The summed E-state index contributed by atoms with van der Waals surface area (Å²) in [4.78, 5) is 0. The smallest absolute Gasteiger partial charge is 0.274 e. The molecule has 0 saturated heterocycles. The minimum Gasteiger partial charge on any atom is -0.385 e. The molecule has 1 aliphatic carbocycles. The van der Waals surface area contributed by atoms with Crippen LogP contribution in [0.3, 0.4) is 0 Å². The van der Waals surface area contributed by atoms with E-state index in [1.165, 1.54) is 7.11 Å². The Morgan fingerprint density at radius 2 is 2.27 bits per heavy atom. The van der Waals surface area contributed by atoms with Gasteiger partial charge in [-0.25, -0.2) is 0 Å². The van der Waals surface area contributed by atoms with E-state index in [2.05, 4.69) is 0 Å². The lowest BCUT2D eigenvalue weighted by Gasteiger charge is -2.28. The molecule has 1 N–H and O–H groups in total. The lowest BCUT2D eigenvalue weighted by Crippen LogP contribution is -2.38. The third-order valence-corrected chi connectivity index (χ3v) is 4.20. The Morgan fingerprint density at radius 1 is 1.60 bits per heavy atom. The van der Waals surface area contributed by atoms with Gasteiger partial charge in [0.25, 0.3) is 10.1 Å². The van der Waals surface area contributed by atoms with Crippen LogP contribution < -0.4 is 0 Å². The van der Waals surface area contributed by atoms with E-state index in [4.69, 9.17) is 4.74 Å². The standard InChI is InChI=1S/C10H16O4S/c1-9-3-5-10(6-4-9,7-8-14-2)15(11,12)13/h3-5H,6-8H2,1-2H3,(H,11,12,13). The van der Waals surface area contributed by atoms with Gasteiger partial charge in [-0.3, -0.25) is 4.55 Å². The summed E-state index contributed by atoms with van der Waals surface area (Å²) >= 11 is 0. The molecule has 0 heterocycles. The summed E-state index contributed by atoms with van der Waals surface area (Å²) in [6, 6.07) is 0. The van der Waals surface area contributed by atoms with Crippen molar-refractivity contribution in [1.29, 1.82) is 0 Å². The van der Waals surface area contributed by atoms with Gasteiger partial charge in [0.1, 0.15) is 4.75 Å². The van der Waals surface area contributed by atoms with Gasteiger partial charge in [-0.15, -0.1) is 0 Å². The van der Waals surface area contributed by atoms with E-state index in [9.17, 15) is 13.0 Å². The van der Waals surface area contributed by atoms with Crippen molar-refractivity contribution in [3.05, 3.63) is 23.8 Å². The minimum atomic E-state index is -4.09. The van der Waals surface area contributed by atoms with Crippen LogP contribution in [0.5, 0.6) is 0 Å². The van der Waals surface area contributed by atoms with Crippen LogP contribution in [0.2, 0.25) is 0 Å². The Bertz CT molecular complexity index is 380. The van der Waals surface area contributed by atoms with Crippen LogP contribution in [0.25, 0.3) is 0 Å². The van der Waals surface area contributed by atoms with E-state index >= 15 is 0 Å². The molecule has 4 nitrogen and oxygen atoms in total. The summed E-state index contributed by atoms with van der Waals surface area (Å²) < 4.78 is 35.6. The third kappa shape index (κ3) is 2.68. The molecule has 0 radical (unpaired) electrons. The molecule has 0 aromatic heterocycles. The number of allylic oxidation sites excluding steroid dienone is 3. The number of methoxy groups -OCH3 is 1. The number of hydrogen-bond acceptors (Lipinski definition) is 3. The molecule has 0 saturated carbocycles. The van der Waals surface area contributed by atoms with E-state index in [1.54, 1.807) is 12.2 Å². The van der Waals surface area contributed by atoms with Crippen LogP contribution in [0.4, 0.5) is 0 Å². The largest absolute Gasteiger partial charge is 0.385 e. The fourth-order valence-electron chi connectivity index (χ4n) is 1.53. The van der Waals surface area contributed by atoms with Crippen molar-refractivity contribution >= 4 is 10.1 Å². The van der Waals surface area contributed by atoms with Gasteiger partial charge in [0.05, 0.1) is 0 Å². The summed E-state index contributed by atoms with van der Waals surface area (Å²) in [5.41, 5.74) is 1.01. The molecule has 0 aliphatic heterocycles. The lowest BCUT2D eigenvalue weighted by atomic mass is 9.93. The fraction of sp³-hybridized carbons (Fsp3) is 0.600. The van der Waals surface area contributed by atoms with Crippen molar-refractivity contribution in [2.45, 2.75) is 24.5 Å². The molecule has 0 aromatic carbocycles. The molecule has 1 atom stereocenters. The van der Waals surface area contributed by atoms with E-state index in [0.29, 0.717) is 13.0 Å². The number of rotatable bonds is 4. The SMILES string of the molecule is COCCC1(S(=O)(=O)O)C=CC(C)=CC1. The minimum absolute atomic E-state index is 0.266. The summed E-state index contributed by atoms with van der Waals surface area (Å²) in [5.74, 6) is 0. The molecule has 1 aliphatic rings. The van der Waals surface area contributed by atoms with Crippen molar-refractivity contribution in [2.24, 2.45) is 0 Å². The highest BCUT2D eigenvalue weighted by atomic mass is 32.2. The zero-order valence-corrected chi connectivity index (χ0v) is 9.75. The second kappa shape index (κ2) is 4.47. The highest BCUT2D eigenvalue weighted by molar-refractivity contribution is 7.87. The number of hydrogen-bond donors (Lipinski definition) is 1. The van der Waals surface area contributed by atoms with Crippen LogP contribution in [0.1, 0.15) is 19.8 Å². The van der Waals surface area contributed by atoms with E-state index in [1.807, 2.05) is 13.0 Å². The Kier molecular flexibility index (Phi) is 3.70. The molecule has 1 rings (SSSR count). The van der Waals surface area contributed by atoms with Crippen molar-refractivity contribution < 1.29 is 17.7 Å². The predicted octanol–water partition coefficient (Wildman–Crippen LogP) is 1.56. The van der Waals surface area contributed by atoms with Crippen LogP contribution in [-0.2, 0) is 14.9 Å². The zero-order chi connectivity index (χ0) is 11.5. The summed E-state index contributed by atoms with van der Waals surface area (Å²) in [6.07, 6.45) is 5.65. The zero-order valence-electron chi connectivity index (χ0n) is 8.93. The van der Waals surface area contributed by atoms with Crippen molar-refractivity contribution in [1.82, 2.24) is 0 Å². The predicted molar refractivity (Wildman–Crippen MR) is 58.3 cm³/mol. The van der Waals surface area contributed by atoms with Crippen LogP contribution >= 0.6 is 0 Å². The molecule has 15 heavy (non-hydrogen) atoms. The molecule has 0 fully saturated rings. The van der Waals surface area contributed by atoms with Gasteiger partial charge in [0, 0.05) is 13.7 Å². The van der Waals surface area contributed by atoms with Crippen molar-refractivity contribution in [2.75, 3.05) is 13.7 Å². The summed E-state index contributed by atoms with van der Waals surface area (Å²) in [7, 11) is -2.59. The molecule has 0 bridgehead atoms. The van der Waals surface area contributed by atoms with Crippen LogP contribution in [-0.4, -0.2) is 31.4 Å². The maximum Gasteiger partial charge on any atom is 0.274 e. The molecule has 0 amide bonds. The maximum atomic E-state index is 11.3. The third-order valence-electron chi connectivity index (χ3n) is 2.66. The lowest BCUT2D eigenvalue weighted by molar-refractivity contribution is 0.185. The van der Waals surface area contributed by atoms with E-state index in [-0.39, 0.29) is 6.42 Å². The molecular weight excluding hydrogens is 216 g/mol. The van der Waals surface area contributed by atoms with Crippen LogP contribution in [0.15, 0.2) is 23.8 Å². The first-order chi connectivity index (χ1) is 6.91. The summed E-state index contributed by atoms with van der Waals surface area (Å²) in [5, 5.41) is 0. The van der Waals surface area contributed by atoms with Crippen LogP contribution in [0, 0.1) is 0 Å². The first-order valence-corrected chi connectivity index (χ1v) is 6.17. The average Bonchev–Trinajstić information content (AvgIpc) is 2.16. The Hall–Kier alpha value is -0.650. The second-order valence-electron chi connectivity index (χ2n) is 3.77. The molecule has 0 aromatic rings. The normalized spacial score (nSPS) is 26.5. The monoisotopic (exact) mass is 232 g/mol. The summed E-state index contributed by atoms with van der Waals surface area (Å²) in [6.45, 7) is 2.19. The molecule has 86 valence electrons. The highest BCUT2D eigenvalue weighted by Crippen LogP contribution is 2.31. The highest BCUT2D eigenvalue weighted by Gasteiger charge is 2.40. The maximum absolute atomic E-state index is 11.3. The number of ether oxygens (including phenoxy) is 1. The molecular formula is C10H16O4S. The van der Waals surface area contributed by atoms with Gasteiger partial charge in [0.15, 0.2) is 0 Å². The van der Waals surface area contributed by atoms with E-state index in [0.717, 1.165) is 5.57 Å². The first-order valence-electron chi connectivity index (χ1n) is 4.73. The second-order valence-corrected chi connectivity index (χ2v) is 5.53. The van der Waals surface area contributed by atoms with Crippen molar-refractivity contribution in [3.63, 3.8) is 0 Å². The molecule has 5 heteroatoms. The van der Waals surface area contributed by atoms with Gasteiger partial charge in [-0.2, -0.15) is 8.42 Å². The first kappa shape index (κ1) is 12.4. The molecule has 1 unspecified atom stereocenters.